The van der Waals surface area contributed by atoms with Gasteiger partial charge in [-0.1, -0.05) is 13.8 Å². The van der Waals surface area contributed by atoms with Crippen molar-refractivity contribution in [3.8, 4) is 0 Å². The third-order valence-electron chi connectivity index (χ3n) is 2.99. The zero-order chi connectivity index (χ0) is 12.1. The van der Waals surface area contributed by atoms with Crippen molar-refractivity contribution in [3.63, 3.8) is 0 Å². The summed E-state index contributed by atoms with van der Waals surface area (Å²) in [5.41, 5.74) is 0. The Morgan fingerprint density at radius 1 is 1.50 bits per heavy atom. The van der Waals surface area contributed by atoms with Crippen LogP contribution in [0.3, 0.4) is 0 Å². The van der Waals surface area contributed by atoms with E-state index in [9.17, 15) is 9.59 Å². The van der Waals surface area contributed by atoms with Crippen LogP contribution in [0.15, 0.2) is 0 Å². The lowest BCUT2D eigenvalue weighted by Crippen LogP contribution is -2.44. The molecular weight excluding hydrogens is 208 g/mol. The number of carbonyl (C=O) groups excluding carboxylic acids is 1. The van der Waals surface area contributed by atoms with Crippen molar-refractivity contribution in [2.24, 2.45) is 11.8 Å². The fourth-order valence-electron chi connectivity index (χ4n) is 1.85. The summed E-state index contributed by atoms with van der Waals surface area (Å²) in [5.74, 6) is -1.42. The summed E-state index contributed by atoms with van der Waals surface area (Å²) in [5, 5.41) is 14.7. The third-order valence-corrected chi connectivity index (χ3v) is 2.99. The Hall–Kier alpha value is -1.10. The van der Waals surface area contributed by atoms with Gasteiger partial charge in [-0.2, -0.15) is 0 Å². The van der Waals surface area contributed by atoms with Crippen LogP contribution in [-0.4, -0.2) is 36.1 Å². The highest BCUT2D eigenvalue weighted by atomic mass is 16.4. The molecule has 0 bridgehead atoms. The standard InChI is InChI=1S/C11H20N2O3/c1-7(2)8(11(15)16)6-13-10(14)9-4-3-5-12-9/h7-9,12H,3-6H2,1-2H3,(H,13,14)(H,15,16)/t8?,9-/m0/s1. The molecule has 1 unspecified atom stereocenters. The average molecular weight is 228 g/mol. The minimum absolute atomic E-state index is 0.0225. The Kier molecular flexibility index (Phi) is 4.73. The molecule has 92 valence electrons. The Morgan fingerprint density at radius 3 is 2.62 bits per heavy atom. The van der Waals surface area contributed by atoms with Gasteiger partial charge in [-0.05, 0) is 25.3 Å². The van der Waals surface area contributed by atoms with E-state index in [2.05, 4.69) is 10.6 Å². The molecule has 0 aromatic carbocycles. The van der Waals surface area contributed by atoms with Gasteiger partial charge in [-0.3, -0.25) is 9.59 Å². The third kappa shape index (κ3) is 3.48. The van der Waals surface area contributed by atoms with E-state index >= 15 is 0 Å². The zero-order valence-corrected chi connectivity index (χ0v) is 9.82. The molecule has 0 radical (unpaired) electrons. The van der Waals surface area contributed by atoms with Crippen molar-refractivity contribution in [3.05, 3.63) is 0 Å². The van der Waals surface area contributed by atoms with Gasteiger partial charge in [0.25, 0.3) is 0 Å². The smallest absolute Gasteiger partial charge is 0.308 e. The SMILES string of the molecule is CC(C)C(CNC(=O)[C@@H]1CCCN1)C(=O)O. The largest absolute Gasteiger partial charge is 0.481 e. The van der Waals surface area contributed by atoms with Crippen molar-refractivity contribution in [1.82, 2.24) is 10.6 Å². The lowest BCUT2D eigenvalue weighted by molar-refractivity contribution is -0.143. The van der Waals surface area contributed by atoms with Gasteiger partial charge in [0.05, 0.1) is 12.0 Å². The maximum absolute atomic E-state index is 11.6. The highest BCUT2D eigenvalue weighted by Crippen LogP contribution is 2.10. The Labute approximate surface area is 95.6 Å². The molecule has 1 aliphatic heterocycles. The molecule has 0 aliphatic carbocycles. The van der Waals surface area contributed by atoms with Gasteiger partial charge < -0.3 is 15.7 Å². The van der Waals surface area contributed by atoms with Crippen LogP contribution in [0.25, 0.3) is 0 Å². The molecule has 1 heterocycles. The summed E-state index contributed by atoms with van der Waals surface area (Å²) in [6.07, 6.45) is 1.84. The van der Waals surface area contributed by atoms with E-state index in [-0.39, 0.29) is 24.4 Å². The Bertz CT molecular complexity index is 260. The van der Waals surface area contributed by atoms with Crippen molar-refractivity contribution in [2.45, 2.75) is 32.7 Å². The number of carboxylic acids is 1. The first-order valence-electron chi connectivity index (χ1n) is 5.76. The predicted molar refractivity (Wildman–Crippen MR) is 60.0 cm³/mol. The van der Waals surface area contributed by atoms with E-state index in [1.807, 2.05) is 13.8 Å². The number of amides is 1. The van der Waals surface area contributed by atoms with Gasteiger partial charge >= 0.3 is 5.97 Å². The molecule has 1 saturated heterocycles. The molecule has 3 N–H and O–H groups in total. The summed E-state index contributed by atoms with van der Waals surface area (Å²) in [6, 6.07) is -0.137. The normalized spacial score (nSPS) is 22.1. The molecule has 1 aliphatic rings. The van der Waals surface area contributed by atoms with Crippen LogP contribution in [0.5, 0.6) is 0 Å². The summed E-state index contributed by atoms with van der Waals surface area (Å²) in [7, 11) is 0. The van der Waals surface area contributed by atoms with Gasteiger partial charge in [0.2, 0.25) is 5.91 Å². The number of carboxylic acid groups (broad SMARTS) is 1. The predicted octanol–water partition coefficient (Wildman–Crippen LogP) is 0.211. The van der Waals surface area contributed by atoms with Gasteiger partial charge in [-0.15, -0.1) is 0 Å². The molecule has 0 spiro atoms. The lowest BCUT2D eigenvalue weighted by Gasteiger charge is -2.18. The number of hydrogen-bond donors (Lipinski definition) is 3. The summed E-state index contributed by atoms with van der Waals surface area (Å²) >= 11 is 0. The van der Waals surface area contributed by atoms with E-state index in [0.717, 1.165) is 19.4 Å². The van der Waals surface area contributed by atoms with Crippen LogP contribution in [-0.2, 0) is 9.59 Å². The number of carbonyl (C=O) groups is 2. The molecule has 0 saturated carbocycles. The first-order valence-corrected chi connectivity index (χ1v) is 5.76. The number of hydrogen-bond acceptors (Lipinski definition) is 3. The van der Waals surface area contributed by atoms with Gasteiger partial charge in [0.15, 0.2) is 0 Å². The van der Waals surface area contributed by atoms with E-state index in [0.29, 0.717) is 0 Å². The van der Waals surface area contributed by atoms with Crippen LogP contribution in [0.4, 0.5) is 0 Å². The fourth-order valence-corrected chi connectivity index (χ4v) is 1.85. The van der Waals surface area contributed by atoms with Crippen LogP contribution in [0.1, 0.15) is 26.7 Å². The molecule has 0 aromatic heterocycles. The maximum Gasteiger partial charge on any atom is 0.308 e. The van der Waals surface area contributed by atoms with Crippen molar-refractivity contribution in [2.75, 3.05) is 13.1 Å². The van der Waals surface area contributed by atoms with E-state index in [1.165, 1.54) is 0 Å². The van der Waals surface area contributed by atoms with E-state index < -0.39 is 11.9 Å². The minimum Gasteiger partial charge on any atom is -0.481 e. The topological polar surface area (TPSA) is 78.4 Å². The van der Waals surface area contributed by atoms with Crippen LogP contribution in [0, 0.1) is 11.8 Å². The quantitative estimate of drug-likeness (QED) is 0.628. The molecule has 2 atom stereocenters. The molecule has 0 aromatic rings. The van der Waals surface area contributed by atoms with E-state index in [1.54, 1.807) is 0 Å². The van der Waals surface area contributed by atoms with Crippen LogP contribution >= 0.6 is 0 Å². The van der Waals surface area contributed by atoms with Crippen molar-refractivity contribution >= 4 is 11.9 Å². The molecule has 5 heteroatoms. The highest BCUT2D eigenvalue weighted by molar-refractivity contribution is 5.82. The summed E-state index contributed by atoms with van der Waals surface area (Å²) in [4.78, 5) is 22.5. The van der Waals surface area contributed by atoms with Crippen LogP contribution < -0.4 is 10.6 Å². The van der Waals surface area contributed by atoms with Crippen molar-refractivity contribution < 1.29 is 14.7 Å². The fraction of sp³-hybridized carbons (Fsp3) is 0.818. The molecule has 1 fully saturated rings. The Balaban J connectivity index is 2.36. The second kappa shape index (κ2) is 5.84. The van der Waals surface area contributed by atoms with Gasteiger partial charge in [-0.25, -0.2) is 0 Å². The van der Waals surface area contributed by atoms with Gasteiger partial charge in [0.1, 0.15) is 0 Å². The van der Waals surface area contributed by atoms with Crippen molar-refractivity contribution in [1.29, 1.82) is 0 Å². The first-order chi connectivity index (χ1) is 7.52. The molecule has 16 heavy (non-hydrogen) atoms. The Morgan fingerprint density at radius 2 is 2.19 bits per heavy atom. The number of rotatable bonds is 5. The summed E-state index contributed by atoms with van der Waals surface area (Å²) < 4.78 is 0. The highest BCUT2D eigenvalue weighted by Gasteiger charge is 2.25. The van der Waals surface area contributed by atoms with Gasteiger partial charge in [0, 0.05) is 6.54 Å². The van der Waals surface area contributed by atoms with E-state index in [4.69, 9.17) is 5.11 Å². The lowest BCUT2D eigenvalue weighted by atomic mass is 9.96. The maximum atomic E-state index is 11.6. The number of nitrogens with one attached hydrogen (secondary N) is 2. The zero-order valence-electron chi connectivity index (χ0n) is 9.82. The van der Waals surface area contributed by atoms with Crippen LogP contribution in [0.2, 0.25) is 0 Å². The molecule has 1 rings (SSSR count). The average Bonchev–Trinajstić information content (AvgIpc) is 2.69. The monoisotopic (exact) mass is 228 g/mol. The molecule has 5 nitrogen and oxygen atoms in total. The second-order valence-corrected chi connectivity index (χ2v) is 4.58. The summed E-state index contributed by atoms with van der Waals surface area (Å²) in [6.45, 7) is 4.77. The minimum atomic E-state index is -0.852. The molecule has 1 amide bonds. The first kappa shape index (κ1) is 13.0. The number of aliphatic carboxylic acids is 1. The second-order valence-electron chi connectivity index (χ2n) is 4.58. The molecular formula is C11H20N2O3.